The number of piperazine rings is 1. The summed E-state index contributed by atoms with van der Waals surface area (Å²) >= 11 is 0. The molecule has 4 heteroatoms. The van der Waals surface area contributed by atoms with E-state index < -0.39 is 0 Å². The Labute approximate surface area is 91.2 Å². The van der Waals surface area contributed by atoms with E-state index in [1.165, 1.54) is 0 Å². The first kappa shape index (κ1) is 10.9. The van der Waals surface area contributed by atoms with E-state index in [2.05, 4.69) is 25.7 Å². The van der Waals surface area contributed by atoms with Gasteiger partial charge in [-0.2, -0.15) is 0 Å². The summed E-state index contributed by atoms with van der Waals surface area (Å²) in [5.41, 5.74) is 0.184. The second-order valence-electron chi connectivity index (χ2n) is 5.37. The molecule has 0 aromatic rings. The lowest BCUT2D eigenvalue weighted by molar-refractivity contribution is -0.180. The molecule has 0 saturated carbocycles. The van der Waals surface area contributed by atoms with Gasteiger partial charge in [0.05, 0.1) is 6.04 Å². The third-order valence-electron chi connectivity index (χ3n) is 3.50. The van der Waals surface area contributed by atoms with Gasteiger partial charge >= 0.3 is 0 Å². The van der Waals surface area contributed by atoms with Gasteiger partial charge < -0.3 is 9.64 Å². The minimum atomic E-state index is -0.199. The first-order valence-electron chi connectivity index (χ1n) is 5.53. The molecule has 0 N–H and O–H groups in total. The largest absolute Gasteiger partial charge is 0.369 e. The van der Waals surface area contributed by atoms with Gasteiger partial charge in [-0.3, -0.25) is 9.69 Å². The number of methoxy groups -OCH3 is 1. The Morgan fingerprint density at radius 2 is 2.00 bits per heavy atom. The molecule has 0 radical (unpaired) electrons. The Balaban J connectivity index is 2.03. The molecule has 2 aliphatic rings. The summed E-state index contributed by atoms with van der Waals surface area (Å²) in [5, 5.41) is 0. The van der Waals surface area contributed by atoms with Crippen LogP contribution in [0.25, 0.3) is 0 Å². The fourth-order valence-electron chi connectivity index (χ4n) is 2.46. The summed E-state index contributed by atoms with van der Waals surface area (Å²) in [5.74, 6) is 0.163. The van der Waals surface area contributed by atoms with Crippen molar-refractivity contribution in [3.05, 3.63) is 0 Å². The zero-order valence-electron chi connectivity index (χ0n) is 9.99. The van der Waals surface area contributed by atoms with Crippen LogP contribution in [0.15, 0.2) is 0 Å². The zero-order valence-corrected chi connectivity index (χ0v) is 9.99. The van der Waals surface area contributed by atoms with Crippen LogP contribution in [0.2, 0.25) is 0 Å². The van der Waals surface area contributed by atoms with E-state index in [9.17, 15) is 4.79 Å². The standard InChI is InChI=1S/C11H20N2O2/c1-11(2,3)12-5-6-13-8(7-12)9(15-4)10(13)14/h8-9H,5-7H2,1-4H3/t8-,9+/m0/s1. The van der Waals surface area contributed by atoms with Gasteiger partial charge in [0.15, 0.2) is 6.10 Å². The Morgan fingerprint density at radius 1 is 1.33 bits per heavy atom. The van der Waals surface area contributed by atoms with Gasteiger partial charge in [0.25, 0.3) is 5.91 Å². The molecular weight excluding hydrogens is 192 g/mol. The molecule has 86 valence electrons. The van der Waals surface area contributed by atoms with Crippen LogP contribution in [-0.4, -0.2) is 60.1 Å². The molecule has 0 unspecified atom stereocenters. The number of β-lactam (4-membered cyclic amide) rings is 1. The molecule has 2 aliphatic heterocycles. The third kappa shape index (κ3) is 1.66. The second-order valence-corrected chi connectivity index (χ2v) is 5.37. The number of carbonyl (C=O) groups is 1. The van der Waals surface area contributed by atoms with E-state index in [-0.39, 0.29) is 23.6 Å². The van der Waals surface area contributed by atoms with Gasteiger partial charge in [-0.05, 0) is 20.8 Å². The Hall–Kier alpha value is -0.610. The predicted octanol–water partition coefficient (Wildman–Crippen LogP) is 0.326. The maximum absolute atomic E-state index is 11.6. The average molecular weight is 212 g/mol. The number of hydrogen-bond donors (Lipinski definition) is 0. The van der Waals surface area contributed by atoms with Crippen molar-refractivity contribution < 1.29 is 9.53 Å². The summed E-state index contributed by atoms with van der Waals surface area (Å²) in [6.45, 7) is 9.40. The van der Waals surface area contributed by atoms with Crippen molar-refractivity contribution in [2.75, 3.05) is 26.7 Å². The van der Waals surface area contributed by atoms with Crippen molar-refractivity contribution in [2.24, 2.45) is 0 Å². The van der Waals surface area contributed by atoms with Gasteiger partial charge in [0, 0.05) is 32.3 Å². The summed E-state index contributed by atoms with van der Waals surface area (Å²) in [6.07, 6.45) is -0.199. The molecule has 2 heterocycles. The van der Waals surface area contributed by atoms with Crippen molar-refractivity contribution in [1.82, 2.24) is 9.80 Å². The van der Waals surface area contributed by atoms with E-state index in [0.717, 1.165) is 19.6 Å². The summed E-state index contributed by atoms with van der Waals surface area (Å²) in [4.78, 5) is 15.9. The average Bonchev–Trinajstić information content (AvgIpc) is 2.15. The lowest BCUT2D eigenvalue weighted by atomic mass is 9.92. The van der Waals surface area contributed by atoms with Crippen molar-refractivity contribution in [3.8, 4) is 0 Å². The van der Waals surface area contributed by atoms with Crippen LogP contribution in [0.4, 0.5) is 0 Å². The summed E-state index contributed by atoms with van der Waals surface area (Å²) in [6, 6.07) is 0.274. The van der Waals surface area contributed by atoms with Crippen molar-refractivity contribution in [2.45, 2.75) is 38.5 Å². The minimum Gasteiger partial charge on any atom is -0.369 e. The molecule has 0 bridgehead atoms. The van der Waals surface area contributed by atoms with E-state index in [1.807, 2.05) is 4.90 Å². The van der Waals surface area contributed by atoms with E-state index in [1.54, 1.807) is 7.11 Å². The molecule has 2 rings (SSSR count). The number of rotatable bonds is 1. The van der Waals surface area contributed by atoms with E-state index >= 15 is 0 Å². The molecule has 2 atom stereocenters. The number of carbonyl (C=O) groups excluding carboxylic acids is 1. The summed E-state index contributed by atoms with van der Waals surface area (Å²) < 4.78 is 5.21. The molecule has 0 aromatic heterocycles. The number of hydrogen-bond acceptors (Lipinski definition) is 3. The van der Waals surface area contributed by atoms with Gasteiger partial charge in [0.2, 0.25) is 0 Å². The fourth-order valence-corrected chi connectivity index (χ4v) is 2.46. The highest BCUT2D eigenvalue weighted by Gasteiger charge is 2.51. The third-order valence-corrected chi connectivity index (χ3v) is 3.50. The highest BCUT2D eigenvalue weighted by molar-refractivity contribution is 5.88. The highest BCUT2D eigenvalue weighted by Crippen LogP contribution is 2.29. The first-order chi connectivity index (χ1) is 6.95. The summed E-state index contributed by atoms with van der Waals surface area (Å²) in [7, 11) is 1.62. The number of fused-ring (bicyclic) bond motifs is 1. The Bertz CT molecular complexity index is 264. The van der Waals surface area contributed by atoms with Crippen molar-refractivity contribution in [3.63, 3.8) is 0 Å². The van der Waals surface area contributed by atoms with Crippen LogP contribution in [0.5, 0.6) is 0 Å². The highest BCUT2D eigenvalue weighted by atomic mass is 16.5. The lowest BCUT2D eigenvalue weighted by Crippen LogP contribution is -2.73. The van der Waals surface area contributed by atoms with Crippen molar-refractivity contribution >= 4 is 5.91 Å². The van der Waals surface area contributed by atoms with Gasteiger partial charge in [0.1, 0.15) is 0 Å². The fraction of sp³-hybridized carbons (Fsp3) is 0.909. The molecule has 2 saturated heterocycles. The molecule has 2 fully saturated rings. The van der Waals surface area contributed by atoms with Crippen LogP contribution in [0.3, 0.4) is 0 Å². The quantitative estimate of drug-likeness (QED) is 0.587. The molecule has 1 amide bonds. The maximum atomic E-state index is 11.6. The molecule has 15 heavy (non-hydrogen) atoms. The number of ether oxygens (including phenoxy) is 1. The van der Waals surface area contributed by atoms with Crippen LogP contribution in [0.1, 0.15) is 20.8 Å². The molecule has 0 spiro atoms. The lowest BCUT2D eigenvalue weighted by Gasteiger charge is -2.54. The number of amides is 1. The van der Waals surface area contributed by atoms with Crippen LogP contribution in [0, 0.1) is 0 Å². The van der Waals surface area contributed by atoms with E-state index in [4.69, 9.17) is 4.74 Å². The van der Waals surface area contributed by atoms with Gasteiger partial charge in [-0.25, -0.2) is 0 Å². The second kappa shape index (κ2) is 3.46. The molecule has 0 aliphatic carbocycles. The minimum absolute atomic E-state index is 0.163. The maximum Gasteiger partial charge on any atom is 0.254 e. The smallest absolute Gasteiger partial charge is 0.254 e. The van der Waals surface area contributed by atoms with Crippen molar-refractivity contribution in [1.29, 1.82) is 0 Å². The Kier molecular flexibility index (Phi) is 2.51. The number of nitrogens with zero attached hydrogens (tertiary/aromatic N) is 2. The topological polar surface area (TPSA) is 32.8 Å². The van der Waals surface area contributed by atoms with Gasteiger partial charge in [-0.1, -0.05) is 0 Å². The molecule has 0 aromatic carbocycles. The van der Waals surface area contributed by atoms with Crippen LogP contribution < -0.4 is 0 Å². The molecule has 4 nitrogen and oxygen atoms in total. The first-order valence-corrected chi connectivity index (χ1v) is 5.53. The van der Waals surface area contributed by atoms with Crippen LogP contribution >= 0.6 is 0 Å². The van der Waals surface area contributed by atoms with Gasteiger partial charge in [-0.15, -0.1) is 0 Å². The van der Waals surface area contributed by atoms with E-state index in [0.29, 0.717) is 0 Å². The Morgan fingerprint density at radius 3 is 2.53 bits per heavy atom. The zero-order chi connectivity index (χ0) is 11.2. The predicted molar refractivity (Wildman–Crippen MR) is 57.6 cm³/mol. The monoisotopic (exact) mass is 212 g/mol. The molecular formula is C11H20N2O2. The van der Waals surface area contributed by atoms with Crippen LogP contribution in [-0.2, 0) is 9.53 Å². The SMILES string of the molecule is CO[C@H]1C(=O)N2CCN(C(C)(C)C)C[C@@H]12. The normalized spacial score (nSPS) is 32.5.